The Balaban J connectivity index is 2.18. The monoisotopic (exact) mass is 427 g/mol. The Morgan fingerprint density at radius 2 is 2.00 bits per heavy atom. The number of aromatic hydroxyl groups is 1. The first kappa shape index (κ1) is 20.6. The Bertz CT molecular complexity index is 1140. The zero-order valence-corrected chi connectivity index (χ0v) is 15.6. The first-order chi connectivity index (χ1) is 13.6. The summed E-state index contributed by atoms with van der Waals surface area (Å²) in [5, 5.41) is 10.6. The molecule has 0 aromatic carbocycles. The summed E-state index contributed by atoms with van der Waals surface area (Å²) in [7, 11) is 0. The van der Waals surface area contributed by atoms with E-state index in [1.807, 2.05) is 0 Å². The van der Waals surface area contributed by atoms with E-state index in [-0.39, 0.29) is 34.8 Å². The van der Waals surface area contributed by atoms with Gasteiger partial charge in [0.25, 0.3) is 5.56 Å². The summed E-state index contributed by atoms with van der Waals surface area (Å²) in [5.74, 6) is -1.68. The summed E-state index contributed by atoms with van der Waals surface area (Å²) in [6, 6.07) is 3.24. The number of rotatable bonds is 4. The molecular weight excluding hydrogens is 415 g/mol. The first-order valence-electron chi connectivity index (χ1n) is 8.23. The fourth-order valence-electron chi connectivity index (χ4n) is 2.69. The molecule has 0 spiro atoms. The average molecular weight is 428 g/mol. The molecule has 0 unspecified atom stereocenters. The van der Waals surface area contributed by atoms with Crippen LogP contribution >= 0.6 is 11.6 Å². The molecule has 0 aliphatic carbocycles. The standard InChI is InChI=1S/C18H13ClF3N3O4/c1-2-29-17(28)13-14(26)11-5-10(19)7-24-15(11)25(16(13)27)8-9-3-4-12(23-6-9)18(20,21)22/h3-7,26H,2,8H2,1H3. The SMILES string of the molecule is CCOC(=O)c1c(O)c2cc(Cl)cnc2n(Cc2ccc(C(F)(F)F)nc2)c1=O. The van der Waals surface area contributed by atoms with Crippen LogP contribution in [0, 0.1) is 0 Å². The zero-order valence-electron chi connectivity index (χ0n) is 14.8. The van der Waals surface area contributed by atoms with Crippen molar-refractivity contribution in [2.75, 3.05) is 6.61 Å². The van der Waals surface area contributed by atoms with Crippen molar-refractivity contribution in [2.45, 2.75) is 19.6 Å². The van der Waals surface area contributed by atoms with Gasteiger partial charge < -0.3 is 9.84 Å². The van der Waals surface area contributed by atoms with Crippen LogP contribution in [0.15, 0.2) is 35.4 Å². The number of ether oxygens (including phenoxy) is 1. The van der Waals surface area contributed by atoms with Gasteiger partial charge in [-0.25, -0.2) is 9.78 Å². The van der Waals surface area contributed by atoms with Crippen LogP contribution in [0.5, 0.6) is 5.75 Å². The fraction of sp³-hybridized carbons (Fsp3) is 0.222. The van der Waals surface area contributed by atoms with Crippen molar-refractivity contribution >= 4 is 28.6 Å². The molecule has 0 fully saturated rings. The second-order valence-electron chi connectivity index (χ2n) is 5.91. The van der Waals surface area contributed by atoms with E-state index < -0.39 is 34.7 Å². The Kier molecular flexibility index (Phi) is 5.47. The maximum absolute atomic E-state index is 12.9. The van der Waals surface area contributed by atoms with E-state index in [9.17, 15) is 27.9 Å². The Morgan fingerprint density at radius 1 is 1.28 bits per heavy atom. The van der Waals surface area contributed by atoms with Crippen LogP contribution in [0.1, 0.15) is 28.5 Å². The summed E-state index contributed by atoms with van der Waals surface area (Å²) in [4.78, 5) is 32.4. The number of hydrogen-bond acceptors (Lipinski definition) is 6. The van der Waals surface area contributed by atoms with Crippen molar-refractivity contribution in [3.63, 3.8) is 0 Å². The molecule has 7 nitrogen and oxygen atoms in total. The number of fused-ring (bicyclic) bond motifs is 1. The van der Waals surface area contributed by atoms with E-state index in [2.05, 4.69) is 9.97 Å². The highest BCUT2D eigenvalue weighted by atomic mass is 35.5. The molecule has 0 aliphatic rings. The third-order valence-electron chi connectivity index (χ3n) is 3.98. The minimum atomic E-state index is -4.60. The van der Waals surface area contributed by atoms with Crippen LogP contribution in [0.4, 0.5) is 13.2 Å². The Hall–Kier alpha value is -3.14. The van der Waals surface area contributed by atoms with E-state index in [0.717, 1.165) is 22.9 Å². The van der Waals surface area contributed by atoms with Crippen molar-refractivity contribution in [1.29, 1.82) is 0 Å². The van der Waals surface area contributed by atoms with Crippen LogP contribution < -0.4 is 5.56 Å². The van der Waals surface area contributed by atoms with Crippen molar-refractivity contribution in [1.82, 2.24) is 14.5 Å². The molecular formula is C18H13ClF3N3O4. The van der Waals surface area contributed by atoms with E-state index in [4.69, 9.17) is 16.3 Å². The number of hydrogen-bond donors (Lipinski definition) is 1. The topological polar surface area (TPSA) is 94.3 Å². The lowest BCUT2D eigenvalue weighted by molar-refractivity contribution is -0.141. The van der Waals surface area contributed by atoms with Gasteiger partial charge in [-0.1, -0.05) is 17.7 Å². The lowest BCUT2D eigenvalue weighted by atomic mass is 10.1. The summed E-state index contributed by atoms with van der Waals surface area (Å²) < 4.78 is 43.9. The van der Waals surface area contributed by atoms with E-state index in [0.29, 0.717) is 0 Å². The molecule has 0 saturated carbocycles. The van der Waals surface area contributed by atoms with Gasteiger partial charge in [0.15, 0.2) is 5.56 Å². The van der Waals surface area contributed by atoms with Crippen LogP contribution in [-0.4, -0.2) is 32.2 Å². The summed E-state index contributed by atoms with van der Waals surface area (Å²) in [5.41, 5.74) is -2.38. The fourth-order valence-corrected chi connectivity index (χ4v) is 2.85. The van der Waals surface area contributed by atoms with Gasteiger partial charge in [0.2, 0.25) is 0 Å². The lowest BCUT2D eigenvalue weighted by Gasteiger charge is -2.14. The van der Waals surface area contributed by atoms with Crippen molar-refractivity contribution in [3.05, 3.63) is 62.8 Å². The zero-order chi connectivity index (χ0) is 21.3. The van der Waals surface area contributed by atoms with Gasteiger partial charge in [0, 0.05) is 12.4 Å². The third kappa shape index (κ3) is 4.02. The van der Waals surface area contributed by atoms with E-state index in [1.54, 1.807) is 0 Å². The molecule has 0 atom stereocenters. The highest BCUT2D eigenvalue weighted by Crippen LogP contribution is 2.29. The van der Waals surface area contributed by atoms with Crippen LogP contribution in [-0.2, 0) is 17.5 Å². The van der Waals surface area contributed by atoms with Gasteiger partial charge in [-0.3, -0.25) is 14.3 Å². The maximum Gasteiger partial charge on any atom is 0.433 e. The van der Waals surface area contributed by atoms with Gasteiger partial charge in [-0.05, 0) is 24.6 Å². The molecule has 11 heteroatoms. The lowest BCUT2D eigenvalue weighted by Crippen LogP contribution is -2.29. The molecule has 3 heterocycles. The number of nitrogens with zero attached hydrogens (tertiary/aromatic N) is 3. The maximum atomic E-state index is 12.9. The van der Waals surface area contributed by atoms with Gasteiger partial charge in [-0.15, -0.1) is 0 Å². The van der Waals surface area contributed by atoms with Crippen molar-refractivity contribution in [2.24, 2.45) is 0 Å². The predicted octanol–water partition coefficient (Wildman–Crippen LogP) is 3.39. The number of esters is 1. The van der Waals surface area contributed by atoms with Gasteiger partial charge in [0.1, 0.15) is 17.1 Å². The molecule has 152 valence electrons. The number of aromatic nitrogens is 3. The van der Waals surface area contributed by atoms with Crippen LogP contribution in [0.2, 0.25) is 5.02 Å². The molecule has 3 aromatic heterocycles. The minimum absolute atomic E-state index is 0.00940. The molecule has 0 radical (unpaired) electrons. The Labute approximate surface area is 166 Å². The highest BCUT2D eigenvalue weighted by molar-refractivity contribution is 6.31. The van der Waals surface area contributed by atoms with Gasteiger partial charge >= 0.3 is 12.1 Å². The molecule has 3 aromatic rings. The smallest absolute Gasteiger partial charge is 0.433 e. The predicted molar refractivity (Wildman–Crippen MR) is 97.0 cm³/mol. The highest BCUT2D eigenvalue weighted by Gasteiger charge is 2.32. The molecule has 1 N–H and O–H groups in total. The minimum Gasteiger partial charge on any atom is -0.506 e. The van der Waals surface area contributed by atoms with E-state index in [1.165, 1.54) is 19.2 Å². The molecule has 0 bridgehead atoms. The van der Waals surface area contributed by atoms with Crippen LogP contribution in [0.3, 0.4) is 0 Å². The van der Waals surface area contributed by atoms with Crippen molar-refractivity contribution in [3.8, 4) is 5.75 Å². The second kappa shape index (κ2) is 7.70. The number of carbonyl (C=O) groups is 1. The molecule has 0 saturated heterocycles. The number of carbonyl (C=O) groups excluding carboxylic acids is 1. The number of pyridine rings is 3. The van der Waals surface area contributed by atoms with E-state index >= 15 is 0 Å². The summed E-state index contributed by atoms with van der Waals surface area (Å²) >= 11 is 5.90. The largest absolute Gasteiger partial charge is 0.506 e. The average Bonchev–Trinajstić information content (AvgIpc) is 2.65. The molecule has 3 rings (SSSR count). The normalized spacial score (nSPS) is 11.6. The number of alkyl halides is 3. The summed E-state index contributed by atoms with van der Waals surface area (Å²) in [6.07, 6.45) is -2.40. The molecule has 0 amide bonds. The van der Waals surface area contributed by atoms with Gasteiger partial charge in [0.05, 0.1) is 23.6 Å². The molecule has 29 heavy (non-hydrogen) atoms. The summed E-state index contributed by atoms with van der Waals surface area (Å²) in [6.45, 7) is 1.25. The molecule has 0 aliphatic heterocycles. The third-order valence-corrected chi connectivity index (χ3v) is 4.18. The number of halogens is 4. The van der Waals surface area contributed by atoms with Gasteiger partial charge in [-0.2, -0.15) is 13.2 Å². The second-order valence-corrected chi connectivity index (χ2v) is 6.35. The van der Waals surface area contributed by atoms with Crippen LogP contribution in [0.25, 0.3) is 11.0 Å². The first-order valence-corrected chi connectivity index (χ1v) is 8.61. The van der Waals surface area contributed by atoms with Crippen molar-refractivity contribution < 1.29 is 27.8 Å². The Morgan fingerprint density at radius 3 is 2.59 bits per heavy atom. The quantitative estimate of drug-likeness (QED) is 0.641.